The lowest BCUT2D eigenvalue weighted by Gasteiger charge is -2.13. The van der Waals surface area contributed by atoms with E-state index in [1.165, 1.54) is 0 Å². The van der Waals surface area contributed by atoms with Gasteiger partial charge in [0.1, 0.15) is 6.54 Å². The van der Waals surface area contributed by atoms with Crippen LogP contribution >= 0.6 is 11.8 Å². The van der Waals surface area contributed by atoms with Crippen molar-refractivity contribution in [3.63, 3.8) is 0 Å². The molecule has 168 valence electrons. The second kappa shape index (κ2) is 10.9. The third kappa shape index (κ3) is 5.91. The van der Waals surface area contributed by atoms with Crippen molar-refractivity contribution in [1.82, 2.24) is 4.90 Å². The van der Waals surface area contributed by atoms with Gasteiger partial charge in [-0.15, -0.1) is 0 Å². The molecule has 0 aromatic heterocycles. The van der Waals surface area contributed by atoms with Gasteiger partial charge < -0.3 is 14.8 Å². The molecule has 1 heterocycles. The number of benzene rings is 2. The molecule has 1 saturated heterocycles. The molecule has 0 unspecified atom stereocenters. The third-order valence-corrected chi connectivity index (χ3v) is 5.45. The first-order valence-corrected chi connectivity index (χ1v) is 11.2. The smallest absolute Gasteiger partial charge is 0.294 e. The molecular weight excluding hydrogens is 428 g/mol. The molecule has 3 rings (SSSR count). The van der Waals surface area contributed by atoms with Crippen LogP contribution in [0.25, 0.3) is 6.08 Å². The van der Waals surface area contributed by atoms with Crippen LogP contribution in [0.1, 0.15) is 31.4 Å². The maximum Gasteiger partial charge on any atom is 0.294 e. The summed E-state index contributed by atoms with van der Waals surface area (Å²) in [6.07, 6.45) is 2.49. The van der Waals surface area contributed by atoms with E-state index in [0.717, 1.165) is 28.6 Å². The number of nitrogens with one attached hydrogen (secondary N) is 1. The predicted molar refractivity (Wildman–Crippen MR) is 126 cm³/mol. The van der Waals surface area contributed by atoms with Crippen molar-refractivity contribution in [3.05, 3.63) is 58.5 Å². The maximum atomic E-state index is 12.8. The second-order valence-electron chi connectivity index (χ2n) is 7.17. The normalized spacial score (nSPS) is 14.7. The van der Waals surface area contributed by atoms with Crippen LogP contribution in [0.5, 0.6) is 11.5 Å². The van der Waals surface area contributed by atoms with Gasteiger partial charge in [0.2, 0.25) is 5.91 Å². The molecule has 32 heavy (non-hydrogen) atoms. The largest absolute Gasteiger partial charge is 0.490 e. The highest BCUT2D eigenvalue weighted by Gasteiger charge is 2.36. The molecule has 2 aromatic rings. The molecule has 0 atom stereocenters. The second-order valence-corrected chi connectivity index (χ2v) is 8.16. The summed E-state index contributed by atoms with van der Waals surface area (Å²) in [5.41, 5.74) is 2.38. The number of anilines is 1. The lowest BCUT2D eigenvalue weighted by molar-refractivity contribution is -0.127. The minimum absolute atomic E-state index is 0.253. The predicted octanol–water partition coefficient (Wildman–Crippen LogP) is 4.86. The van der Waals surface area contributed by atoms with Crippen LogP contribution in [0.4, 0.5) is 10.5 Å². The quantitative estimate of drug-likeness (QED) is 0.545. The lowest BCUT2D eigenvalue weighted by Crippen LogP contribution is -2.36. The molecule has 7 nitrogen and oxygen atoms in total. The number of carbonyl (C=O) groups excluding carboxylic acids is 3. The van der Waals surface area contributed by atoms with Gasteiger partial charge in [-0.05, 0) is 67.9 Å². The van der Waals surface area contributed by atoms with Crippen molar-refractivity contribution < 1.29 is 23.9 Å². The van der Waals surface area contributed by atoms with Crippen molar-refractivity contribution >= 4 is 40.6 Å². The molecule has 3 amide bonds. The number of amides is 3. The summed E-state index contributed by atoms with van der Waals surface area (Å²) in [6, 6.07) is 12.6. The molecule has 0 bridgehead atoms. The van der Waals surface area contributed by atoms with E-state index < -0.39 is 17.1 Å². The molecule has 0 radical (unpaired) electrons. The van der Waals surface area contributed by atoms with Crippen LogP contribution in [0.15, 0.2) is 47.4 Å². The molecule has 1 aliphatic rings. The van der Waals surface area contributed by atoms with Crippen LogP contribution in [0, 0.1) is 6.92 Å². The summed E-state index contributed by atoms with van der Waals surface area (Å²) in [5.74, 6) is 0.273. The highest BCUT2D eigenvalue weighted by molar-refractivity contribution is 8.18. The number of nitrogens with zero attached hydrogens (tertiary/aromatic N) is 1. The number of imide groups is 1. The SMILES string of the molecule is CCCOc1ccc(/C=C2/SC(=O)N(CC(=O)Nc3ccc(C)cc3)C2=O)cc1OCC. The van der Waals surface area contributed by atoms with Gasteiger partial charge in [0, 0.05) is 5.69 Å². The van der Waals surface area contributed by atoms with E-state index in [1.807, 2.05) is 32.9 Å². The van der Waals surface area contributed by atoms with Gasteiger partial charge in [0.15, 0.2) is 11.5 Å². The average molecular weight is 455 g/mol. The van der Waals surface area contributed by atoms with Crippen molar-refractivity contribution in [2.24, 2.45) is 0 Å². The minimum Gasteiger partial charge on any atom is -0.490 e. The molecule has 2 aromatic carbocycles. The van der Waals surface area contributed by atoms with Crippen molar-refractivity contribution in [2.45, 2.75) is 27.2 Å². The highest BCUT2D eigenvalue weighted by Crippen LogP contribution is 2.34. The number of thioether (sulfide) groups is 1. The summed E-state index contributed by atoms with van der Waals surface area (Å²) >= 11 is 0.811. The summed E-state index contributed by atoms with van der Waals surface area (Å²) in [7, 11) is 0. The fraction of sp³-hybridized carbons (Fsp3) is 0.292. The molecular formula is C24H26N2O5S. The standard InChI is InChI=1S/C24H26N2O5S/c1-4-12-31-19-11-8-17(13-20(19)30-5-2)14-21-23(28)26(24(29)32-21)15-22(27)25-18-9-6-16(3)7-10-18/h6-11,13-14H,4-5,12,15H2,1-3H3,(H,25,27)/b21-14+. The molecule has 1 fully saturated rings. The van der Waals surface area contributed by atoms with Crippen molar-refractivity contribution in [2.75, 3.05) is 25.1 Å². The highest BCUT2D eigenvalue weighted by atomic mass is 32.2. The van der Waals surface area contributed by atoms with Crippen LogP contribution in [-0.4, -0.2) is 41.7 Å². The Kier molecular flexibility index (Phi) is 7.94. The van der Waals surface area contributed by atoms with Gasteiger partial charge in [-0.2, -0.15) is 0 Å². The van der Waals surface area contributed by atoms with E-state index in [4.69, 9.17) is 9.47 Å². The van der Waals surface area contributed by atoms with Gasteiger partial charge in [0.25, 0.3) is 11.1 Å². The molecule has 1 aliphatic heterocycles. The zero-order valence-corrected chi connectivity index (χ0v) is 19.2. The Hall–Kier alpha value is -3.26. The first-order chi connectivity index (χ1) is 15.4. The van der Waals surface area contributed by atoms with Gasteiger partial charge in [-0.3, -0.25) is 19.3 Å². The Labute approximate surface area is 191 Å². The van der Waals surface area contributed by atoms with Crippen LogP contribution < -0.4 is 14.8 Å². The molecule has 1 N–H and O–H groups in total. The number of carbonyl (C=O) groups is 3. The van der Waals surface area contributed by atoms with Crippen LogP contribution in [0.3, 0.4) is 0 Å². The zero-order valence-electron chi connectivity index (χ0n) is 18.3. The van der Waals surface area contributed by atoms with Crippen LogP contribution in [0.2, 0.25) is 0 Å². The monoisotopic (exact) mass is 454 g/mol. The topological polar surface area (TPSA) is 84.9 Å². The molecule has 0 spiro atoms. The Morgan fingerprint density at radius 2 is 1.81 bits per heavy atom. The lowest BCUT2D eigenvalue weighted by atomic mass is 10.2. The summed E-state index contributed by atoms with van der Waals surface area (Å²) in [4.78, 5) is 38.6. The van der Waals surface area contributed by atoms with E-state index in [0.29, 0.717) is 36.0 Å². The van der Waals surface area contributed by atoms with Gasteiger partial charge >= 0.3 is 0 Å². The number of hydrogen-bond acceptors (Lipinski definition) is 6. The maximum absolute atomic E-state index is 12.8. The fourth-order valence-corrected chi connectivity index (χ4v) is 3.82. The van der Waals surface area contributed by atoms with Crippen LogP contribution in [-0.2, 0) is 9.59 Å². The van der Waals surface area contributed by atoms with E-state index in [9.17, 15) is 14.4 Å². The van der Waals surface area contributed by atoms with E-state index in [2.05, 4.69) is 5.32 Å². The Morgan fingerprint density at radius 3 is 2.50 bits per heavy atom. The van der Waals surface area contributed by atoms with E-state index in [-0.39, 0.29) is 11.4 Å². The fourth-order valence-electron chi connectivity index (χ4n) is 2.98. The van der Waals surface area contributed by atoms with Gasteiger partial charge in [-0.25, -0.2) is 0 Å². The first-order valence-electron chi connectivity index (χ1n) is 10.4. The summed E-state index contributed by atoms with van der Waals surface area (Å²) in [6.45, 7) is 6.54. The first kappa shape index (κ1) is 23.4. The molecule has 0 saturated carbocycles. The summed E-state index contributed by atoms with van der Waals surface area (Å²) < 4.78 is 11.3. The van der Waals surface area contributed by atoms with Crippen molar-refractivity contribution in [1.29, 1.82) is 0 Å². The Bertz CT molecular complexity index is 1030. The number of aryl methyl sites for hydroxylation is 1. The van der Waals surface area contributed by atoms with Gasteiger partial charge in [0.05, 0.1) is 18.1 Å². The van der Waals surface area contributed by atoms with E-state index in [1.54, 1.807) is 36.4 Å². The number of rotatable bonds is 9. The molecule has 0 aliphatic carbocycles. The van der Waals surface area contributed by atoms with E-state index >= 15 is 0 Å². The Balaban J connectivity index is 1.71. The number of ether oxygens (including phenoxy) is 2. The van der Waals surface area contributed by atoms with Gasteiger partial charge in [-0.1, -0.05) is 30.7 Å². The molecule has 8 heteroatoms. The Morgan fingerprint density at radius 1 is 1.06 bits per heavy atom. The third-order valence-electron chi connectivity index (χ3n) is 4.54. The average Bonchev–Trinajstić information content (AvgIpc) is 3.02. The summed E-state index contributed by atoms with van der Waals surface area (Å²) in [5, 5.41) is 2.22. The number of hydrogen-bond donors (Lipinski definition) is 1. The zero-order chi connectivity index (χ0) is 23.1. The minimum atomic E-state index is -0.497. The van der Waals surface area contributed by atoms with Crippen molar-refractivity contribution in [3.8, 4) is 11.5 Å².